The summed E-state index contributed by atoms with van der Waals surface area (Å²) in [7, 11) is 1.68. The molecule has 2 fully saturated rings. The Morgan fingerprint density at radius 3 is 2.57 bits per heavy atom. The first-order valence-corrected chi connectivity index (χ1v) is 10.1. The van der Waals surface area contributed by atoms with Gasteiger partial charge in [-0.1, -0.05) is 36.4 Å². The molecule has 28 heavy (non-hydrogen) atoms. The molecule has 0 spiro atoms. The number of hydrogen-bond donors (Lipinski definition) is 1. The molecule has 146 valence electrons. The molecular weight excluding hydrogens is 350 g/mol. The van der Waals surface area contributed by atoms with Crippen molar-refractivity contribution in [1.29, 1.82) is 0 Å². The van der Waals surface area contributed by atoms with Gasteiger partial charge in [0.15, 0.2) is 11.5 Å². The summed E-state index contributed by atoms with van der Waals surface area (Å²) in [4.78, 5) is 12.3. The molecule has 2 aromatic rings. The van der Waals surface area contributed by atoms with E-state index >= 15 is 0 Å². The van der Waals surface area contributed by atoms with Crippen LogP contribution in [0, 0.1) is 0 Å². The van der Waals surface area contributed by atoms with Gasteiger partial charge >= 0.3 is 0 Å². The summed E-state index contributed by atoms with van der Waals surface area (Å²) in [5, 5.41) is 3.04. The molecule has 1 saturated heterocycles. The number of benzene rings is 2. The normalized spacial score (nSPS) is 21.5. The standard InChI is InChI=1S/C24H27NO3/c1-27-22-12-11-18(15-23(22)28-21-9-5-6-10-21)20-14-19(24(26)25-16-20)13-17-7-3-2-4-8-17/h2-4,7-8,11-13,15,20-21H,5-6,9-10,14,16H2,1H3,(H,25,26)/t20-/m1/s1. The highest BCUT2D eigenvalue weighted by atomic mass is 16.5. The van der Waals surface area contributed by atoms with Crippen LogP contribution in [0.15, 0.2) is 54.1 Å². The van der Waals surface area contributed by atoms with E-state index in [9.17, 15) is 4.79 Å². The lowest BCUT2D eigenvalue weighted by atomic mass is 9.87. The lowest BCUT2D eigenvalue weighted by Crippen LogP contribution is -2.35. The smallest absolute Gasteiger partial charge is 0.247 e. The fourth-order valence-electron chi connectivity index (χ4n) is 4.10. The number of ether oxygens (including phenoxy) is 2. The Kier molecular flexibility index (Phi) is 5.65. The van der Waals surface area contributed by atoms with E-state index in [2.05, 4.69) is 17.4 Å². The maximum atomic E-state index is 12.3. The summed E-state index contributed by atoms with van der Waals surface area (Å²) in [6.45, 7) is 0.639. The lowest BCUT2D eigenvalue weighted by Gasteiger charge is -2.26. The predicted molar refractivity (Wildman–Crippen MR) is 111 cm³/mol. The molecular formula is C24H27NO3. The second kappa shape index (κ2) is 8.51. The molecule has 2 aromatic carbocycles. The summed E-state index contributed by atoms with van der Waals surface area (Å²) >= 11 is 0. The molecule has 1 amide bonds. The Morgan fingerprint density at radius 1 is 1.04 bits per heavy atom. The molecule has 4 nitrogen and oxygen atoms in total. The van der Waals surface area contributed by atoms with Crippen molar-refractivity contribution >= 4 is 12.0 Å². The Balaban J connectivity index is 1.56. The van der Waals surface area contributed by atoms with E-state index in [1.807, 2.05) is 42.5 Å². The van der Waals surface area contributed by atoms with Crippen LogP contribution in [0.3, 0.4) is 0 Å². The third-order valence-corrected chi connectivity index (χ3v) is 5.66. The Morgan fingerprint density at radius 2 is 1.82 bits per heavy atom. The summed E-state index contributed by atoms with van der Waals surface area (Å²) < 4.78 is 11.8. The van der Waals surface area contributed by atoms with Crippen molar-refractivity contribution in [2.75, 3.05) is 13.7 Å². The molecule has 2 aliphatic rings. The van der Waals surface area contributed by atoms with Gasteiger partial charge in [0.1, 0.15) is 0 Å². The minimum absolute atomic E-state index is 0.0241. The zero-order valence-corrected chi connectivity index (χ0v) is 16.3. The first-order valence-electron chi connectivity index (χ1n) is 10.1. The van der Waals surface area contributed by atoms with Crippen molar-refractivity contribution in [2.24, 2.45) is 0 Å². The third kappa shape index (κ3) is 4.22. The highest BCUT2D eigenvalue weighted by molar-refractivity contribution is 5.98. The second-order valence-corrected chi connectivity index (χ2v) is 7.63. The number of rotatable bonds is 5. The molecule has 1 aliphatic carbocycles. The zero-order valence-electron chi connectivity index (χ0n) is 16.3. The van der Waals surface area contributed by atoms with Crippen molar-refractivity contribution in [1.82, 2.24) is 5.32 Å². The van der Waals surface area contributed by atoms with Crippen LogP contribution in [-0.2, 0) is 4.79 Å². The molecule has 1 saturated carbocycles. The van der Waals surface area contributed by atoms with E-state index in [4.69, 9.17) is 9.47 Å². The van der Waals surface area contributed by atoms with Crippen LogP contribution in [-0.4, -0.2) is 25.7 Å². The number of hydrogen-bond acceptors (Lipinski definition) is 3. The van der Waals surface area contributed by atoms with Crippen LogP contribution < -0.4 is 14.8 Å². The van der Waals surface area contributed by atoms with Crippen LogP contribution in [0.2, 0.25) is 0 Å². The molecule has 1 atom stereocenters. The van der Waals surface area contributed by atoms with E-state index in [0.29, 0.717) is 6.54 Å². The number of carbonyl (C=O) groups excluding carboxylic acids is 1. The van der Waals surface area contributed by atoms with Crippen molar-refractivity contribution < 1.29 is 14.3 Å². The Labute approximate surface area is 166 Å². The average Bonchev–Trinajstić information content (AvgIpc) is 3.23. The third-order valence-electron chi connectivity index (χ3n) is 5.66. The fourth-order valence-corrected chi connectivity index (χ4v) is 4.10. The minimum atomic E-state index is 0.0241. The molecule has 0 aromatic heterocycles. The van der Waals surface area contributed by atoms with Crippen LogP contribution in [0.25, 0.3) is 6.08 Å². The maximum absolute atomic E-state index is 12.3. The quantitative estimate of drug-likeness (QED) is 0.768. The average molecular weight is 377 g/mol. The van der Waals surface area contributed by atoms with Gasteiger partial charge in [-0.3, -0.25) is 4.79 Å². The summed E-state index contributed by atoms with van der Waals surface area (Å²) in [6, 6.07) is 16.2. The minimum Gasteiger partial charge on any atom is -0.493 e. The van der Waals surface area contributed by atoms with Crippen molar-refractivity contribution in [3.63, 3.8) is 0 Å². The van der Waals surface area contributed by atoms with Crippen molar-refractivity contribution in [3.8, 4) is 11.5 Å². The van der Waals surface area contributed by atoms with Gasteiger partial charge in [0, 0.05) is 18.0 Å². The van der Waals surface area contributed by atoms with Gasteiger partial charge < -0.3 is 14.8 Å². The number of methoxy groups -OCH3 is 1. The second-order valence-electron chi connectivity index (χ2n) is 7.63. The summed E-state index contributed by atoms with van der Waals surface area (Å²) in [5.74, 6) is 1.84. The SMILES string of the molecule is COc1ccc([C@H]2CNC(=O)C(=Cc3ccccc3)C2)cc1OC1CCCC1. The molecule has 0 radical (unpaired) electrons. The molecule has 4 rings (SSSR count). The fraction of sp³-hybridized carbons (Fsp3) is 0.375. The van der Waals surface area contributed by atoms with Gasteiger partial charge in [0.05, 0.1) is 13.2 Å². The maximum Gasteiger partial charge on any atom is 0.247 e. The molecule has 1 aliphatic heterocycles. The Bertz CT molecular complexity index is 853. The van der Waals surface area contributed by atoms with Crippen LogP contribution in [0.1, 0.15) is 49.1 Å². The van der Waals surface area contributed by atoms with Crippen molar-refractivity contribution in [3.05, 3.63) is 65.2 Å². The van der Waals surface area contributed by atoms with E-state index in [0.717, 1.165) is 41.9 Å². The largest absolute Gasteiger partial charge is 0.493 e. The van der Waals surface area contributed by atoms with E-state index in [1.54, 1.807) is 7.11 Å². The number of carbonyl (C=O) groups is 1. The summed E-state index contributed by atoms with van der Waals surface area (Å²) in [5.41, 5.74) is 3.04. The number of piperidine rings is 1. The van der Waals surface area contributed by atoms with Crippen LogP contribution >= 0.6 is 0 Å². The molecule has 4 heteroatoms. The van der Waals surface area contributed by atoms with Gasteiger partial charge in [-0.05, 0) is 61.4 Å². The molecule has 0 unspecified atom stereocenters. The first kappa shape index (κ1) is 18.6. The predicted octanol–water partition coefficient (Wildman–Crippen LogP) is 4.70. The van der Waals surface area contributed by atoms with Crippen LogP contribution in [0.5, 0.6) is 11.5 Å². The van der Waals surface area contributed by atoms with Crippen molar-refractivity contribution in [2.45, 2.75) is 44.1 Å². The zero-order chi connectivity index (χ0) is 19.3. The van der Waals surface area contributed by atoms with Gasteiger partial charge in [-0.2, -0.15) is 0 Å². The molecule has 1 N–H and O–H groups in total. The summed E-state index contributed by atoms with van der Waals surface area (Å²) in [6.07, 6.45) is 7.66. The van der Waals surface area contributed by atoms with E-state index < -0.39 is 0 Å². The first-order chi connectivity index (χ1) is 13.7. The lowest BCUT2D eigenvalue weighted by molar-refractivity contribution is -0.118. The number of nitrogens with one attached hydrogen (secondary N) is 1. The monoisotopic (exact) mass is 377 g/mol. The van der Waals surface area contributed by atoms with E-state index in [1.165, 1.54) is 18.4 Å². The molecule has 0 bridgehead atoms. The van der Waals surface area contributed by atoms with E-state index in [-0.39, 0.29) is 17.9 Å². The Hall–Kier alpha value is -2.75. The topological polar surface area (TPSA) is 47.6 Å². The highest BCUT2D eigenvalue weighted by Gasteiger charge is 2.26. The van der Waals surface area contributed by atoms with Gasteiger partial charge in [0.25, 0.3) is 0 Å². The number of amides is 1. The van der Waals surface area contributed by atoms with Crippen LogP contribution in [0.4, 0.5) is 0 Å². The molecule has 1 heterocycles. The van der Waals surface area contributed by atoms with Gasteiger partial charge in [0.2, 0.25) is 5.91 Å². The van der Waals surface area contributed by atoms with Gasteiger partial charge in [-0.25, -0.2) is 0 Å². The van der Waals surface area contributed by atoms with Gasteiger partial charge in [-0.15, -0.1) is 0 Å². The highest BCUT2D eigenvalue weighted by Crippen LogP contribution is 2.36.